The topological polar surface area (TPSA) is 84.9 Å². The number of carbonyl (C=O) groups is 2. The highest BCUT2D eigenvalue weighted by atomic mass is 35.5. The zero-order valence-electron chi connectivity index (χ0n) is 13.9. The highest BCUT2D eigenvalue weighted by Gasteiger charge is 2.38. The number of halogens is 1. The maximum Gasteiger partial charge on any atom is 0.305 e. The molecular weight excluding hydrogens is 358 g/mol. The lowest BCUT2D eigenvalue weighted by atomic mass is 9.93. The molecule has 1 fully saturated rings. The van der Waals surface area contributed by atoms with Crippen molar-refractivity contribution in [1.29, 1.82) is 0 Å². The summed E-state index contributed by atoms with van der Waals surface area (Å²) in [5.74, 6) is -0.248. The average molecular weight is 376 g/mol. The van der Waals surface area contributed by atoms with Gasteiger partial charge in [-0.25, -0.2) is 0 Å². The Kier molecular flexibility index (Phi) is 5.44. The van der Waals surface area contributed by atoms with Crippen LogP contribution in [0.15, 0.2) is 48.5 Å². The van der Waals surface area contributed by atoms with Gasteiger partial charge in [0.1, 0.15) is 11.5 Å². The number of aliphatic carboxylic acids is 1. The van der Waals surface area contributed by atoms with Crippen LogP contribution in [-0.4, -0.2) is 35.7 Å². The fourth-order valence-electron chi connectivity index (χ4n) is 2.83. The molecule has 26 heavy (non-hydrogen) atoms. The molecule has 0 radical (unpaired) electrons. The third-order valence-electron chi connectivity index (χ3n) is 4.12. The quantitative estimate of drug-likeness (QED) is 0.807. The van der Waals surface area contributed by atoms with E-state index in [9.17, 15) is 9.59 Å². The largest absolute Gasteiger partial charge is 0.481 e. The smallest absolute Gasteiger partial charge is 0.305 e. The molecule has 7 heteroatoms. The number of hydrogen-bond acceptors (Lipinski definition) is 4. The summed E-state index contributed by atoms with van der Waals surface area (Å²) in [7, 11) is 0. The first kappa shape index (κ1) is 18.2. The molecule has 1 aliphatic heterocycles. The molecule has 0 aromatic heterocycles. The van der Waals surface area contributed by atoms with E-state index in [4.69, 9.17) is 26.2 Å². The van der Waals surface area contributed by atoms with Crippen LogP contribution < -0.4 is 10.1 Å². The lowest BCUT2D eigenvalue weighted by Gasteiger charge is -2.27. The number of amides is 1. The highest BCUT2D eigenvalue weighted by Crippen LogP contribution is 2.26. The SMILES string of the molecule is O=C(O)CC1(NC(=O)c2cccc(Oc3ccc(Cl)cc3)c2)CCOC1. The summed E-state index contributed by atoms with van der Waals surface area (Å²) < 4.78 is 11.0. The maximum atomic E-state index is 12.6. The van der Waals surface area contributed by atoms with Crippen molar-refractivity contribution >= 4 is 23.5 Å². The van der Waals surface area contributed by atoms with Crippen molar-refractivity contribution in [2.24, 2.45) is 0 Å². The summed E-state index contributed by atoms with van der Waals surface area (Å²) in [5, 5.41) is 12.5. The van der Waals surface area contributed by atoms with Crippen LogP contribution in [0.2, 0.25) is 5.02 Å². The summed E-state index contributed by atoms with van der Waals surface area (Å²) in [6.45, 7) is 0.610. The Balaban J connectivity index is 1.73. The fraction of sp³-hybridized carbons (Fsp3) is 0.263. The van der Waals surface area contributed by atoms with Crippen LogP contribution in [0, 0.1) is 0 Å². The van der Waals surface area contributed by atoms with E-state index >= 15 is 0 Å². The molecule has 2 aromatic rings. The number of ether oxygens (including phenoxy) is 2. The number of carboxylic acids is 1. The van der Waals surface area contributed by atoms with Gasteiger partial charge < -0.3 is 19.9 Å². The zero-order chi connectivity index (χ0) is 18.6. The van der Waals surface area contributed by atoms with Gasteiger partial charge in [-0.3, -0.25) is 9.59 Å². The Morgan fingerprint density at radius 3 is 2.62 bits per heavy atom. The molecule has 3 rings (SSSR count). The van der Waals surface area contributed by atoms with Crippen molar-refractivity contribution in [3.8, 4) is 11.5 Å². The van der Waals surface area contributed by atoms with Crippen LogP contribution >= 0.6 is 11.6 Å². The van der Waals surface area contributed by atoms with E-state index in [2.05, 4.69) is 5.32 Å². The molecule has 2 aromatic carbocycles. The van der Waals surface area contributed by atoms with E-state index < -0.39 is 11.5 Å². The lowest BCUT2D eigenvalue weighted by molar-refractivity contribution is -0.138. The predicted molar refractivity (Wildman–Crippen MR) is 95.9 cm³/mol. The van der Waals surface area contributed by atoms with Crippen molar-refractivity contribution in [2.75, 3.05) is 13.2 Å². The minimum Gasteiger partial charge on any atom is -0.481 e. The summed E-state index contributed by atoms with van der Waals surface area (Å²) >= 11 is 5.85. The normalized spacial score (nSPS) is 19.1. The van der Waals surface area contributed by atoms with Gasteiger partial charge >= 0.3 is 5.97 Å². The van der Waals surface area contributed by atoms with Gasteiger partial charge in [-0.2, -0.15) is 0 Å². The van der Waals surface area contributed by atoms with E-state index in [0.29, 0.717) is 35.1 Å². The zero-order valence-corrected chi connectivity index (χ0v) is 14.7. The standard InChI is InChI=1S/C19H18ClNO5/c20-14-4-6-15(7-5-14)26-16-3-1-2-13(10-16)18(24)21-19(11-17(22)23)8-9-25-12-19/h1-7,10H,8-9,11-12H2,(H,21,24)(H,22,23). The second-order valence-electron chi connectivity index (χ2n) is 6.19. The number of hydrogen-bond donors (Lipinski definition) is 2. The predicted octanol–water partition coefficient (Wildman–Crippen LogP) is 3.50. The molecule has 0 bridgehead atoms. The van der Waals surface area contributed by atoms with E-state index in [1.54, 1.807) is 48.5 Å². The van der Waals surface area contributed by atoms with Crippen molar-refractivity contribution in [3.05, 3.63) is 59.1 Å². The van der Waals surface area contributed by atoms with Crippen LogP contribution in [0.1, 0.15) is 23.2 Å². The first-order valence-electron chi connectivity index (χ1n) is 8.11. The maximum absolute atomic E-state index is 12.6. The van der Waals surface area contributed by atoms with Crippen LogP contribution in [0.4, 0.5) is 0 Å². The first-order chi connectivity index (χ1) is 12.5. The number of nitrogens with one attached hydrogen (secondary N) is 1. The molecule has 0 aliphatic carbocycles. The molecule has 2 N–H and O–H groups in total. The van der Waals surface area contributed by atoms with Gasteiger partial charge in [-0.1, -0.05) is 17.7 Å². The van der Waals surface area contributed by atoms with Crippen LogP contribution in [0.25, 0.3) is 0 Å². The summed E-state index contributed by atoms with van der Waals surface area (Å²) in [5.41, 5.74) is -0.496. The second kappa shape index (κ2) is 7.76. The molecule has 1 saturated heterocycles. The van der Waals surface area contributed by atoms with Crippen molar-refractivity contribution in [2.45, 2.75) is 18.4 Å². The third kappa shape index (κ3) is 4.53. The number of carboxylic acid groups (broad SMARTS) is 1. The van der Waals surface area contributed by atoms with Gasteiger partial charge in [0.05, 0.1) is 18.6 Å². The lowest BCUT2D eigenvalue weighted by Crippen LogP contribution is -2.50. The molecule has 1 aliphatic rings. The second-order valence-corrected chi connectivity index (χ2v) is 6.63. The molecule has 1 amide bonds. The Morgan fingerprint density at radius 1 is 1.19 bits per heavy atom. The van der Waals surface area contributed by atoms with Gasteiger partial charge in [0, 0.05) is 17.2 Å². The van der Waals surface area contributed by atoms with E-state index in [1.807, 2.05) is 0 Å². The van der Waals surface area contributed by atoms with Crippen LogP contribution in [0.5, 0.6) is 11.5 Å². The fourth-order valence-corrected chi connectivity index (χ4v) is 2.96. The number of carbonyl (C=O) groups excluding carboxylic acids is 1. The Morgan fingerprint density at radius 2 is 1.96 bits per heavy atom. The van der Waals surface area contributed by atoms with Gasteiger partial charge in [0.25, 0.3) is 5.91 Å². The molecule has 1 atom stereocenters. The molecule has 0 spiro atoms. The molecule has 6 nitrogen and oxygen atoms in total. The molecule has 1 heterocycles. The van der Waals surface area contributed by atoms with Gasteiger partial charge in [0.2, 0.25) is 0 Å². The summed E-state index contributed by atoms with van der Waals surface area (Å²) in [6.07, 6.45) is 0.283. The monoisotopic (exact) mass is 375 g/mol. The van der Waals surface area contributed by atoms with Crippen molar-refractivity contribution in [1.82, 2.24) is 5.32 Å². The summed E-state index contributed by atoms with van der Waals surface area (Å²) in [6, 6.07) is 13.6. The Bertz CT molecular complexity index is 800. The number of benzene rings is 2. The Labute approximate surface area is 155 Å². The van der Waals surface area contributed by atoms with Crippen molar-refractivity contribution in [3.63, 3.8) is 0 Å². The van der Waals surface area contributed by atoms with E-state index in [1.165, 1.54) is 0 Å². The third-order valence-corrected chi connectivity index (χ3v) is 4.37. The summed E-state index contributed by atoms with van der Waals surface area (Å²) in [4.78, 5) is 23.7. The van der Waals surface area contributed by atoms with Crippen LogP contribution in [0.3, 0.4) is 0 Å². The van der Waals surface area contributed by atoms with E-state index in [0.717, 1.165) is 0 Å². The van der Waals surface area contributed by atoms with Gasteiger partial charge in [0.15, 0.2) is 0 Å². The van der Waals surface area contributed by atoms with Gasteiger partial charge in [-0.05, 0) is 48.9 Å². The van der Waals surface area contributed by atoms with Crippen LogP contribution in [-0.2, 0) is 9.53 Å². The van der Waals surface area contributed by atoms with E-state index in [-0.39, 0.29) is 18.9 Å². The minimum atomic E-state index is -0.976. The van der Waals surface area contributed by atoms with Gasteiger partial charge in [-0.15, -0.1) is 0 Å². The molecular formula is C19H18ClNO5. The number of rotatable bonds is 6. The average Bonchev–Trinajstić information content (AvgIpc) is 3.04. The molecule has 0 saturated carbocycles. The first-order valence-corrected chi connectivity index (χ1v) is 8.49. The molecule has 1 unspecified atom stereocenters. The Hall–Kier alpha value is -2.57. The molecule has 136 valence electrons. The minimum absolute atomic E-state index is 0.181. The van der Waals surface area contributed by atoms with Crippen molar-refractivity contribution < 1.29 is 24.2 Å². The highest BCUT2D eigenvalue weighted by molar-refractivity contribution is 6.30.